The summed E-state index contributed by atoms with van der Waals surface area (Å²) in [5.74, 6) is 4.49. The third kappa shape index (κ3) is 9.21. The molecule has 0 aliphatic heterocycles. The van der Waals surface area contributed by atoms with Gasteiger partial charge in [0.05, 0.1) is 26.4 Å². The van der Waals surface area contributed by atoms with E-state index in [4.69, 9.17) is 42.1 Å². The van der Waals surface area contributed by atoms with Gasteiger partial charge in [-0.1, -0.05) is 90.7 Å². The highest BCUT2D eigenvalue weighted by Crippen LogP contribution is 2.44. The molecule has 0 saturated heterocycles. The quantitative estimate of drug-likeness (QED) is 0.184. The van der Waals surface area contributed by atoms with E-state index in [2.05, 4.69) is 55.4 Å². The molecule has 0 aliphatic rings. The summed E-state index contributed by atoms with van der Waals surface area (Å²) in [7, 11) is 0. The molecule has 0 atom stereocenters. The van der Waals surface area contributed by atoms with Gasteiger partial charge in [-0.15, -0.1) is 0 Å². The average Bonchev–Trinajstić information content (AvgIpc) is 2.90. The molecular formula is C35H46Cl2O4. The highest BCUT2D eigenvalue weighted by molar-refractivity contribution is 6.37. The second-order valence-corrected chi connectivity index (χ2v) is 13.2. The Balaban J connectivity index is 2.02. The summed E-state index contributed by atoms with van der Waals surface area (Å²) >= 11 is 13.9. The van der Waals surface area contributed by atoms with Crippen molar-refractivity contribution in [2.45, 2.75) is 62.3 Å². The molecule has 224 valence electrons. The van der Waals surface area contributed by atoms with Gasteiger partial charge in [0.2, 0.25) is 0 Å². The van der Waals surface area contributed by atoms with Gasteiger partial charge in [-0.25, -0.2) is 0 Å². The highest BCUT2D eigenvalue weighted by Gasteiger charge is 2.19. The van der Waals surface area contributed by atoms with Crippen molar-refractivity contribution in [1.82, 2.24) is 0 Å². The van der Waals surface area contributed by atoms with Gasteiger partial charge in [0.25, 0.3) is 0 Å². The van der Waals surface area contributed by atoms with Crippen molar-refractivity contribution in [2.24, 2.45) is 23.7 Å². The molecule has 0 spiro atoms. The van der Waals surface area contributed by atoms with E-state index in [1.165, 1.54) is 0 Å². The van der Waals surface area contributed by atoms with Crippen molar-refractivity contribution < 1.29 is 18.9 Å². The van der Waals surface area contributed by atoms with Gasteiger partial charge in [-0.3, -0.25) is 0 Å². The van der Waals surface area contributed by atoms with Crippen LogP contribution in [0.3, 0.4) is 0 Å². The SMILES string of the molecule is Cc1c(-c2cc(Cl)c(-c3ccc(OCC(C)C)c(OCC(C)C)c3)cc2Cl)ccc(OCC(C)C)c1OCC(C)C. The molecule has 6 heteroatoms. The van der Waals surface area contributed by atoms with Crippen molar-refractivity contribution in [3.63, 3.8) is 0 Å². The van der Waals surface area contributed by atoms with E-state index in [0.29, 0.717) is 65.9 Å². The first-order valence-corrected chi connectivity index (χ1v) is 15.4. The van der Waals surface area contributed by atoms with Crippen LogP contribution in [-0.4, -0.2) is 26.4 Å². The van der Waals surface area contributed by atoms with E-state index in [1.54, 1.807) is 0 Å². The Labute approximate surface area is 257 Å². The Morgan fingerprint density at radius 3 is 1.56 bits per heavy atom. The fraction of sp³-hybridized carbons (Fsp3) is 0.486. The van der Waals surface area contributed by atoms with Crippen LogP contribution >= 0.6 is 23.2 Å². The van der Waals surface area contributed by atoms with E-state index >= 15 is 0 Å². The molecule has 0 aromatic heterocycles. The summed E-state index contributed by atoms with van der Waals surface area (Å²) < 4.78 is 24.6. The summed E-state index contributed by atoms with van der Waals surface area (Å²) in [5.41, 5.74) is 4.51. The van der Waals surface area contributed by atoms with Gasteiger partial charge in [0.1, 0.15) is 0 Å². The Kier molecular flexibility index (Phi) is 12.1. The van der Waals surface area contributed by atoms with E-state index < -0.39 is 0 Å². The molecule has 41 heavy (non-hydrogen) atoms. The van der Waals surface area contributed by atoms with Crippen LogP contribution in [0, 0.1) is 30.6 Å². The molecule has 0 N–H and O–H groups in total. The minimum absolute atomic E-state index is 0.380. The normalized spacial score (nSPS) is 11.6. The summed E-state index contributed by atoms with van der Waals surface area (Å²) in [4.78, 5) is 0. The molecule has 3 aromatic rings. The summed E-state index contributed by atoms with van der Waals surface area (Å²) in [5, 5.41) is 1.20. The average molecular weight is 602 g/mol. The lowest BCUT2D eigenvalue weighted by Gasteiger charge is -2.20. The van der Waals surface area contributed by atoms with Crippen LogP contribution in [0.15, 0.2) is 42.5 Å². The molecule has 0 aliphatic carbocycles. The van der Waals surface area contributed by atoms with Crippen LogP contribution in [-0.2, 0) is 0 Å². The van der Waals surface area contributed by atoms with E-state index in [9.17, 15) is 0 Å². The minimum Gasteiger partial charge on any atom is -0.489 e. The second kappa shape index (κ2) is 15.1. The van der Waals surface area contributed by atoms with Crippen LogP contribution in [0.2, 0.25) is 10.0 Å². The molecule has 0 radical (unpaired) electrons. The van der Waals surface area contributed by atoms with Crippen molar-refractivity contribution in [3.8, 4) is 45.3 Å². The predicted octanol–water partition coefficient (Wildman–Crippen LogP) is 10.8. The molecule has 0 bridgehead atoms. The minimum atomic E-state index is 0.380. The molecular weight excluding hydrogens is 555 g/mol. The third-order valence-corrected chi connectivity index (χ3v) is 6.87. The molecule has 0 heterocycles. The van der Waals surface area contributed by atoms with Gasteiger partial charge in [0.15, 0.2) is 23.0 Å². The number of ether oxygens (including phenoxy) is 4. The number of halogens is 2. The van der Waals surface area contributed by atoms with Crippen LogP contribution in [0.1, 0.15) is 61.0 Å². The lowest BCUT2D eigenvalue weighted by atomic mass is 9.96. The Morgan fingerprint density at radius 1 is 0.512 bits per heavy atom. The number of hydrogen-bond acceptors (Lipinski definition) is 4. The van der Waals surface area contributed by atoms with Gasteiger partial charge < -0.3 is 18.9 Å². The van der Waals surface area contributed by atoms with Crippen molar-refractivity contribution in [2.75, 3.05) is 26.4 Å². The molecule has 0 amide bonds. The lowest BCUT2D eigenvalue weighted by molar-refractivity contribution is 0.228. The smallest absolute Gasteiger partial charge is 0.164 e. The van der Waals surface area contributed by atoms with Gasteiger partial charge in [-0.2, -0.15) is 0 Å². The van der Waals surface area contributed by atoms with Crippen LogP contribution in [0.4, 0.5) is 0 Å². The molecule has 0 fully saturated rings. The fourth-order valence-corrected chi connectivity index (χ4v) is 4.69. The number of benzene rings is 3. The summed E-state index contributed by atoms with van der Waals surface area (Å²) in [6.45, 7) is 21.5. The first-order chi connectivity index (χ1) is 19.4. The van der Waals surface area contributed by atoms with Gasteiger partial charge in [-0.05, 0) is 72.1 Å². The molecule has 0 unspecified atom stereocenters. The predicted molar refractivity (Wildman–Crippen MR) is 173 cm³/mol. The van der Waals surface area contributed by atoms with Crippen molar-refractivity contribution in [3.05, 3.63) is 58.1 Å². The zero-order chi connectivity index (χ0) is 30.3. The molecule has 3 rings (SSSR count). The van der Waals surface area contributed by atoms with Crippen molar-refractivity contribution >= 4 is 23.2 Å². The lowest BCUT2D eigenvalue weighted by Crippen LogP contribution is -2.10. The maximum Gasteiger partial charge on any atom is 0.164 e. The molecule has 3 aromatic carbocycles. The monoisotopic (exact) mass is 600 g/mol. The fourth-order valence-electron chi connectivity index (χ4n) is 4.15. The van der Waals surface area contributed by atoms with Crippen LogP contribution in [0.5, 0.6) is 23.0 Å². The first-order valence-electron chi connectivity index (χ1n) is 14.7. The molecule has 0 saturated carbocycles. The number of rotatable bonds is 14. The standard InChI is InChI=1S/C35H46Cl2O4/c1-21(2)17-38-32-12-10-26(14-34(32)40-19-23(5)6)28-15-31(37)29(16-30(28)36)27-11-13-33(39-18-22(3)4)35(25(27)9)41-20-24(7)8/h10-16,21-24H,17-20H2,1-9H3. The zero-order valence-corrected chi connectivity index (χ0v) is 27.6. The van der Waals surface area contributed by atoms with E-state index in [-0.39, 0.29) is 0 Å². The van der Waals surface area contributed by atoms with Crippen LogP contribution in [0.25, 0.3) is 22.3 Å². The topological polar surface area (TPSA) is 36.9 Å². The summed E-state index contributed by atoms with van der Waals surface area (Å²) in [6, 6.07) is 13.8. The third-order valence-electron chi connectivity index (χ3n) is 6.25. The first kappa shape index (κ1) is 32.9. The maximum absolute atomic E-state index is 6.95. The highest BCUT2D eigenvalue weighted by atomic mass is 35.5. The number of hydrogen-bond donors (Lipinski definition) is 0. The van der Waals surface area contributed by atoms with E-state index in [1.807, 2.05) is 49.4 Å². The molecule has 4 nitrogen and oxygen atoms in total. The Hall–Kier alpha value is -2.56. The van der Waals surface area contributed by atoms with Gasteiger partial charge >= 0.3 is 0 Å². The van der Waals surface area contributed by atoms with E-state index in [0.717, 1.165) is 45.1 Å². The Morgan fingerprint density at radius 2 is 0.976 bits per heavy atom. The zero-order valence-electron chi connectivity index (χ0n) is 26.1. The maximum atomic E-state index is 6.95. The van der Waals surface area contributed by atoms with Crippen LogP contribution < -0.4 is 18.9 Å². The van der Waals surface area contributed by atoms with Crippen molar-refractivity contribution in [1.29, 1.82) is 0 Å². The Bertz CT molecular complexity index is 1300. The summed E-state index contributed by atoms with van der Waals surface area (Å²) in [6.07, 6.45) is 0. The largest absolute Gasteiger partial charge is 0.489 e. The van der Waals surface area contributed by atoms with Gasteiger partial charge in [0, 0.05) is 26.7 Å². The second-order valence-electron chi connectivity index (χ2n) is 12.4.